The largest absolute Gasteiger partial charge is 0.326 e. The number of halogens is 1. The van der Waals surface area contributed by atoms with Crippen LogP contribution in [-0.4, -0.2) is 4.98 Å². The fourth-order valence-electron chi connectivity index (χ4n) is 1.57. The van der Waals surface area contributed by atoms with Gasteiger partial charge in [0.2, 0.25) is 0 Å². The number of rotatable bonds is 2. The quantitative estimate of drug-likeness (QED) is 0.811. The standard InChI is InChI=1S/C12H11FN2/c13-12-3-1-2-10(11(12)8-14)9-4-6-15-7-5-9/h1-7H,8,14H2. The Bertz CT molecular complexity index is 454. The first kappa shape index (κ1) is 9.80. The van der Waals surface area contributed by atoms with Gasteiger partial charge in [0, 0.05) is 24.5 Å². The molecule has 0 atom stereocenters. The molecule has 0 fully saturated rings. The second kappa shape index (κ2) is 4.19. The summed E-state index contributed by atoms with van der Waals surface area (Å²) in [6.45, 7) is 0.199. The normalized spacial score (nSPS) is 10.3. The van der Waals surface area contributed by atoms with Crippen LogP contribution in [0.4, 0.5) is 4.39 Å². The van der Waals surface area contributed by atoms with Gasteiger partial charge in [0.05, 0.1) is 0 Å². The van der Waals surface area contributed by atoms with Crippen molar-refractivity contribution >= 4 is 0 Å². The topological polar surface area (TPSA) is 38.9 Å². The van der Waals surface area contributed by atoms with Gasteiger partial charge in [0.15, 0.2) is 0 Å². The molecule has 0 bridgehead atoms. The molecule has 1 aromatic heterocycles. The molecule has 2 nitrogen and oxygen atoms in total. The van der Waals surface area contributed by atoms with E-state index in [1.54, 1.807) is 18.5 Å². The van der Waals surface area contributed by atoms with E-state index < -0.39 is 0 Å². The first-order valence-corrected chi connectivity index (χ1v) is 4.71. The molecular formula is C12H11FN2. The van der Waals surface area contributed by atoms with Gasteiger partial charge in [-0.15, -0.1) is 0 Å². The van der Waals surface area contributed by atoms with Gasteiger partial charge in [0.1, 0.15) is 5.82 Å². The summed E-state index contributed by atoms with van der Waals surface area (Å²) in [5, 5.41) is 0. The van der Waals surface area contributed by atoms with Gasteiger partial charge >= 0.3 is 0 Å². The average molecular weight is 202 g/mol. The zero-order valence-corrected chi connectivity index (χ0v) is 8.15. The lowest BCUT2D eigenvalue weighted by molar-refractivity contribution is 0.611. The lowest BCUT2D eigenvalue weighted by Crippen LogP contribution is -2.02. The Labute approximate surface area is 87.6 Å². The van der Waals surface area contributed by atoms with E-state index in [4.69, 9.17) is 5.73 Å². The summed E-state index contributed by atoms with van der Waals surface area (Å²) >= 11 is 0. The maximum Gasteiger partial charge on any atom is 0.128 e. The first-order valence-electron chi connectivity index (χ1n) is 4.71. The monoisotopic (exact) mass is 202 g/mol. The highest BCUT2D eigenvalue weighted by atomic mass is 19.1. The highest BCUT2D eigenvalue weighted by Crippen LogP contribution is 2.24. The van der Waals surface area contributed by atoms with Crippen molar-refractivity contribution in [3.63, 3.8) is 0 Å². The molecule has 76 valence electrons. The van der Waals surface area contributed by atoms with Crippen LogP contribution in [0.2, 0.25) is 0 Å². The third-order valence-electron chi connectivity index (χ3n) is 2.31. The summed E-state index contributed by atoms with van der Waals surface area (Å²) in [5.74, 6) is -0.258. The van der Waals surface area contributed by atoms with Crippen molar-refractivity contribution in [3.8, 4) is 11.1 Å². The van der Waals surface area contributed by atoms with Crippen LogP contribution in [0.1, 0.15) is 5.56 Å². The Kier molecular flexibility index (Phi) is 2.74. The van der Waals surface area contributed by atoms with Crippen molar-refractivity contribution in [2.75, 3.05) is 0 Å². The molecular weight excluding hydrogens is 191 g/mol. The van der Waals surface area contributed by atoms with Crippen molar-refractivity contribution in [2.45, 2.75) is 6.54 Å². The molecule has 2 rings (SSSR count). The van der Waals surface area contributed by atoms with E-state index in [0.717, 1.165) is 11.1 Å². The molecule has 1 aromatic carbocycles. The molecule has 0 spiro atoms. The number of nitrogens with zero attached hydrogens (tertiary/aromatic N) is 1. The highest BCUT2D eigenvalue weighted by Gasteiger charge is 2.07. The zero-order valence-electron chi connectivity index (χ0n) is 8.15. The van der Waals surface area contributed by atoms with E-state index in [1.807, 2.05) is 18.2 Å². The second-order valence-corrected chi connectivity index (χ2v) is 3.21. The Morgan fingerprint density at radius 1 is 1.13 bits per heavy atom. The first-order chi connectivity index (χ1) is 7.33. The third kappa shape index (κ3) is 1.87. The van der Waals surface area contributed by atoms with Crippen LogP contribution in [0.25, 0.3) is 11.1 Å². The van der Waals surface area contributed by atoms with Gasteiger partial charge in [-0.3, -0.25) is 4.98 Å². The van der Waals surface area contributed by atoms with Gasteiger partial charge in [-0.25, -0.2) is 4.39 Å². The molecule has 3 heteroatoms. The van der Waals surface area contributed by atoms with E-state index in [9.17, 15) is 4.39 Å². The van der Waals surface area contributed by atoms with Crippen LogP contribution >= 0.6 is 0 Å². The zero-order chi connectivity index (χ0) is 10.7. The lowest BCUT2D eigenvalue weighted by Gasteiger charge is -2.08. The lowest BCUT2D eigenvalue weighted by atomic mass is 10.0. The van der Waals surface area contributed by atoms with E-state index in [-0.39, 0.29) is 12.4 Å². The molecule has 0 unspecified atom stereocenters. The number of pyridine rings is 1. The molecule has 0 aliphatic rings. The van der Waals surface area contributed by atoms with Gasteiger partial charge in [-0.2, -0.15) is 0 Å². The van der Waals surface area contributed by atoms with Crippen LogP contribution in [0.3, 0.4) is 0 Å². The summed E-state index contributed by atoms with van der Waals surface area (Å²) in [6.07, 6.45) is 3.36. The second-order valence-electron chi connectivity index (χ2n) is 3.21. The van der Waals surface area contributed by atoms with Crippen molar-refractivity contribution < 1.29 is 4.39 Å². The van der Waals surface area contributed by atoms with E-state index in [1.165, 1.54) is 6.07 Å². The van der Waals surface area contributed by atoms with E-state index in [0.29, 0.717) is 5.56 Å². The Morgan fingerprint density at radius 3 is 2.53 bits per heavy atom. The van der Waals surface area contributed by atoms with Crippen LogP contribution in [0.5, 0.6) is 0 Å². The molecule has 15 heavy (non-hydrogen) atoms. The number of benzene rings is 1. The Hall–Kier alpha value is -1.74. The molecule has 0 saturated heterocycles. The van der Waals surface area contributed by atoms with Crippen LogP contribution in [-0.2, 0) is 6.54 Å². The van der Waals surface area contributed by atoms with Gasteiger partial charge in [-0.05, 0) is 29.3 Å². The predicted octanol–water partition coefficient (Wildman–Crippen LogP) is 2.35. The smallest absolute Gasteiger partial charge is 0.128 e. The minimum atomic E-state index is -0.258. The van der Waals surface area contributed by atoms with Gasteiger partial charge in [0.25, 0.3) is 0 Å². The number of hydrogen-bond acceptors (Lipinski definition) is 2. The molecule has 0 amide bonds. The van der Waals surface area contributed by atoms with Crippen LogP contribution in [0.15, 0.2) is 42.7 Å². The molecule has 2 aromatic rings. The summed E-state index contributed by atoms with van der Waals surface area (Å²) < 4.78 is 13.4. The van der Waals surface area contributed by atoms with E-state index >= 15 is 0 Å². The molecule has 2 N–H and O–H groups in total. The maximum atomic E-state index is 13.4. The number of hydrogen-bond donors (Lipinski definition) is 1. The number of nitrogens with two attached hydrogens (primary N) is 1. The fraction of sp³-hybridized carbons (Fsp3) is 0.0833. The van der Waals surface area contributed by atoms with Gasteiger partial charge < -0.3 is 5.73 Å². The van der Waals surface area contributed by atoms with E-state index in [2.05, 4.69) is 4.98 Å². The Balaban J connectivity index is 2.58. The molecule has 0 radical (unpaired) electrons. The van der Waals surface area contributed by atoms with Crippen molar-refractivity contribution in [2.24, 2.45) is 5.73 Å². The van der Waals surface area contributed by atoms with Crippen molar-refractivity contribution in [3.05, 3.63) is 54.1 Å². The van der Waals surface area contributed by atoms with Crippen molar-refractivity contribution in [1.82, 2.24) is 4.98 Å². The van der Waals surface area contributed by atoms with Gasteiger partial charge in [-0.1, -0.05) is 12.1 Å². The molecule has 0 aliphatic heterocycles. The third-order valence-corrected chi connectivity index (χ3v) is 2.31. The highest BCUT2D eigenvalue weighted by molar-refractivity contribution is 5.66. The summed E-state index contributed by atoms with van der Waals surface area (Å²) in [4.78, 5) is 3.92. The molecule has 0 saturated carbocycles. The van der Waals surface area contributed by atoms with Crippen LogP contribution < -0.4 is 5.73 Å². The summed E-state index contributed by atoms with van der Waals surface area (Å²) in [7, 11) is 0. The minimum absolute atomic E-state index is 0.199. The average Bonchev–Trinajstić information content (AvgIpc) is 2.30. The predicted molar refractivity (Wildman–Crippen MR) is 57.5 cm³/mol. The fourth-order valence-corrected chi connectivity index (χ4v) is 1.57. The Morgan fingerprint density at radius 2 is 1.87 bits per heavy atom. The SMILES string of the molecule is NCc1c(F)cccc1-c1ccncc1. The minimum Gasteiger partial charge on any atom is -0.326 e. The summed E-state index contributed by atoms with van der Waals surface area (Å²) in [5.41, 5.74) is 7.85. The molecule has 1 heterocycles. The van der Waals surface area contributed by atoms with Crippen molar-refractivity contribution in [1.29, 1.82) is 0 Å². The number of aromatic nitrogens is 1. The molecule has 0 aliphatic carbocycles. The maximum absolute atomic E-state index is 13.4. The van der Waals surface area contributed by atoms with Crippen LogP contribution in [0, 0.1) is 5.82 Å². The summed E-state index contributed by atoms with van der Waals surface area (Å²) in [6, 6.07) is 8.65.